The third-order valence-corrected chi connectivity index (χ3v) is 5.72. The maximum absolute atomic E-state index is 13.1. The normalized spacial score (nSPS) is 11.0. The largest absolute Gasteiger partial charge is 0.495 e. The Morgan fingerprint density at radius 1 is 1.29 bits per heavy atom. The number of nitrogens with zero attached hydrogens (tertiary/aromatic N) is 1. The molecule has 0 fully saturated rings. The molecule has 162 valence electrons. The second kappa shape index (κ2) is 9.58. The molecule has 2 heterocycles. The highest BCUT2D eigenvalue weighted by Crippen LogP contribution is 2.40. The number of fused-ring (bicyclic) bond motifs is 1. The van der Waals surface area contributed by atoms with Crippen molar-refractivity contribution in [3.63, 3.8) is 0 Å². The zero-order valence-electron chi connectivity index (χ0n) is 16.4. The molecule has 31 heavy (non-hydrogen) atoms. The van der Waals surface area contributed by atoms with Gasteiger partial charge in [0, 0.05) is 35.0 Å². The zero-order chi connectivity index (χ0) is 22.6. The first-order valence-electron chi connectivity index (χ1n) is 8.91. The van der Waals surface area contributed by atoms with Crippen molar-refractivity contribution in [2.24, 2.45) is 0 Å². The van der Waals surface area contributed by atoms with E-state index in [0.29, 0.717) is 27.0 Å². The first-order chi connectivity index (χ1) is 14.7. The van der Waals surface area contributed by atoms with Crippen LogP contribution in [-0.2, 0) is 0 Å². The lowest BCUT2D eigenvalue weighted by atomic mass is 10.1. The highest BCUT2D eigenvalue weighted by atomic mass is 79.9. The lowest BCUT2D eigenvalue weighted by molar-refractivity contribution is -0.0329. The van der Waals surface area contributed by atoms with Crippen LogP contribution < -0.4 is 15.4 Å². The molecule has 1 amide bonds. The Kier molecular flexibility index (Phi) is 7.08. The lowest BCUT2D eigenvalue weighted by Crippen LogP contribution is -2.18. The van der Waals surface area contributed by atoms with Crippen molar-refractivity contribution < 1.29 is 22.7 Å². The van der Waals surface area contributed by atoms with E-state index >= 15 is 0 Å². The van der Waals surface area contributed by atoms with Crippen LogP contribution in [0.3, 0.4) is 0 Å². The fraction of sp³-hybridized carbons (Fsp3) is 0.190. The predicted octanol–water partition coefficient (Wildman–Crippen LogP) is 5.15. The lowest BCUT2D eigenvalue weighted by Gasteiger charge is -2.10. The van der Waals surface area contributed by atoms with Gasteiger partial charge >= 0.3 is 5.51 Å². The van der Waals surface area contributed by atoms with E-state index in [1.807, 2.05) is 0 Å². The number of amides is 1. The van der Waals surface area contributed by atoms with Crippen LogP contribution >= 0.6 is 27.7 Å². The van der Waals surface area contributed by atoms with Crippen LogP contribution in [-0.4, -0.2) is 36.5 Å². The van der Waals surface area contributed by atoms with Gasteiger partial charge in [0.05, 0.1) is 30.4 Å². The molecule has 0 atom stereocenters. The molecule has 0 aliphatic carbocycles. The molecule has 0 saturated carbocycles. The summed E-state index contributed by atoms with van der Waals surface area (Å²) in [6.07, 6.45) is 1.56. The summed E-state index contributed by atoms with van der Waals surface area (Å²) in [5.74, 6) is 5.92. The predicted molar refractivity (Wildman–Crippen MR) is 119 cm³/mol. The molecule has 0 spiro atoms. The Morgan fingerprint density at radius 3 is 2.74 bits per heavy atom. The molecule has 5 nitrogen and oxygen atoms in total. The van der Waals surface area contributed by atoms with Gasteiger partial charge in [-0.25, -0.2) is 0 Å². The first-order valence-corrected chi connectivity index (χ1v) is 10.5. The molecule has 0 aliphatic heterocycles. The summed E-state index contributed by atoms with van der Waals surface area (Å²) >= 11 is 3.15. The molecular weight excluding hydrogens is 495 g/mol. The van der Waals surface area contributed by atoms with Gasteiger partial charge < -0.3 is 19.8 Å². The van der Waals surface area contributed by atoms with Crippen molar-refractivity contribution in [1.29, 1.82) is 0 Å². The molecule has 0 unspecified atom stereocenters. The SMILES string of the molecule is CNC(=O)c1ccc(OC)c(NCC#Cc2cc3c(Br)cccn3c2SC(F)(F)F)c1. The summed E-state index contributed by atoms with van der Waals surface area (Å²) in [5.41, 5.74) is -2.61. The van der Waals surface area contributed by atoms with E-state index in [4.69, 9.17) is 4.74 Å². The number of rotatable bonds is 5. The third-order valence-electron chi connectivity index (χ3n) is 4.20. The van der Waals surface area contributed by atoms with E-state index in [0.717, 1.165) is 0 Å². The molecular formula is C21H17BrF3N3O2S. The molecule has 0 bridgehead atoms. The summed E-state index contributed by atoms with van der Waals surface area (Å²) in [5, 5.41) is 5.58. The Balaban J connectivity index is 1.87. The highest BCUT2D eigenvalue weighted by molar-refractivity contribution is 9.10. The van der Waals surface area contributed by atoms with Gasteiger partial charge in [-0.05, 0) is 52.3 Å². The number of pyridine rings is 1. The second-order valence-electron chi connectivity index (χ2n) is 6.17. The van der Waals surface area contributed by atoms with Gasteiger partial charge in [0.1, 0.15) is 10.8 Å². The summed E-state index contributed by atoms with van der Waals surface area (Å²) in [6.45, 7) is 0.136. The fourth-order valence-corrected chi connectivity index (χ4v) is 4.01. The summed E-state index contributed by atoms with van der Waals surface area (Å²) in [4.78, 5) is 11.8. The van der Waals surface area contributed by atoms with Crippen molar-refractivity contribution >= 4 is 44.8 Å². The minimum atomic E-state index is -4.45. The summed E-state index contributed by atoms with van der Waals surface area (Å²) < 4.78 is 46.6. The average molecular weight is 512 g/mol. The highest BCUT2D eigenvalue weighted by Gasteiger charge is 2.32. The van der Waals surface area contributed by atoms with Crippen molar-refractivity contribution in [3.8, 4) is 17.6 Å². The maximum atomic E-state index is 13.1. The quantitative estimate of drug-likeness (QED) is 0.367. The molecule has 0 aliphatic rings. The number of nitrogens with one attached hydrogen (secondary N) is 2. The van der Waals surface area contributed by atoms with Crippen LogP contribution in [0.2, 0.25) is 0 Å². The number of aromatic nitrogens is 1. The minimum absolute atomic E-state index is 0.00417. The van der Waals surface area contributed by atoms with Crippen LogP contribution in [0.5, 0.6) is 5.75 Å². The number of benzene rings is 1. The third kappa shape index (κ3) is 5.48. The molecule has 0 radical (unpaired) electrons. The van der Waals surface area contributed by atoms with Gasteiger partial charge in [0.15, 0.2) is 0 Å². The standard InChI is InChI=1S/C21H17BrF3N3O2S/c1-26-19(29)13-7-8-18(30-2)16(11-13)27-9-3-5-14-12-17-15(22)6-4-10-28(17)20(14)31-21(23,24)25/h4,6-8,10-12,27H,9H2,1-2H3,(H,26,29). The van der Waals surface area contributed by atoms with Gasteiger partial charge in [-0.2, -0.15) is 13.2 Å². The van der Waals surface area contributed by atoms with Gasteiger partial charge in [0.2, 0.25) is 0 Å². The van der Waals surface area contributed by atoms with E-state index in [1.165, 1.54) is 18.6 Å². The number of halogens is 4. The topological polar surface area (TPSA) is 54.8 Å². The zero-order valence-corrected chi connectivity index (χ0v) is 18.8. The van der Waals surface area contributed by atoms with E-state index in [9.17, 15) is 18.0 Å². The van der Waals surface area contributed by atoms with Gasteiger partial charge in [0.25, 0.3) is 5.91 Å². The number of hydrogen-bond acceptors (Lipinski definition) is 4. The Hall–Kier alpha value is -2.77. The molecule has 2 aromatic heterocycles. The van der Waals surface area contributed by atoms with Gasteiger partial charge in [-0.15, -0.1) is 0 Å². The number of methoxy groups -OCH3 is 1. The van der Waals surface area contributed by atoms with E-state index in [-0.39, 0.29) is 34.8 Å². The van der Waals surface area contributed by atoms with E-state index in [1.54, 1.807) is 42.6 Å². The van der Waals surface area contributed by atoms with E-state index < -0.39 is 5.51 Å². The van der Waals surface area contributed by atoms with Crippen LogP contribution in [0.15, 0.2) is 52.1 Å². The van der Waals surface area contributed by atoms with Gasteiger partial charge in [-0.3, -0.25) is 4.79 Å². The van der Waals surface area contributed by atoms with E-state index in [2.05, 4.69) is 38.4 Å². The van der Waals surface area contributed by atoms with Crippen LogP contribution in [0.25, 0.3) is 5.52 Å². The Morgan fingerprint density at radius 2 is 2.06 bits per heavy atom. The number of anilines is 1. The number of carbonyl (C=O) groups is 1. The van der Waals surface area contributed by atoms with Crippen molar-refractivity contribution in [2.45, 2.75) is 10.5 Å². The number of thioether (sulfide) groups is 1. The van der Waals surface area contributed by atoms with Gasteiger partial charge in [-0.1, -0.05) is 11.8 Å². The average Bonchev–Trinajstić information content (AvgIpc) is 3.07. The van der Waals surface area contributed by atoms with Crippen LogP contribution in [0.4, 0.5) is 18.9 Å². The number of ether oxygens (including phenoxy) is 1. The van der Waals surface area contributed by atoms with Crippen molar-refractivity contribution in [3.05, 3.63) is 58.2 Å². The maximum Gasteiger partial charge on any atom is 0.447 e. The smallest absolute Gasteiger partial charge is 0.447 e. The number of hydrogen-bond donors (Lipinski definition) is 2. The molecule has 3 aromatic rings. The number of alkyl halides is 3. The summed E-state index contributed by atoms with van der Waals surface area (Å²) in [6, 6.07) is 9.91. The second-order valence-corrected chi connectivity index (χ2v) is 8.08. The molecule has 10 heteroatoms. The monoisotopic (exact) mass is 511 g/mol. The van der Waals surface area contributed by atoms with Crippen LogP contribution in [0.1, 0.15) is 15.9 Å². The first kappa shape index (κ1) is 22.9. The Bertz CT molecular complexity index is 1180. The molecule has 2 N–H and O–H groups in total. The number of carbonyl (C=O) groups excluding carboxylic acids is 1. The molecule has 3 rings (SSSR count). The fourth-order valence-electron chi connectivity index (χ4n) is 2.85. The van der Waals surface area contributed by atoms with Crippen LogP contribution in [0, 0.1) is 11.8 Å². The molecule has 0 saturated heterocycles. The minimum Gasteiger partial charge on any atom is -0.495 e. The van der Waals surface area contributed by atoms with Crippen molar-refractivity contribution in [2.75, 3.05) is 26.0 Å². The Labute approximate surface area is 189 Å². The summed E-state index contributed by atoms with van der Waals surface area (Å²) in [7, 11) is 3.03. The molecule has 1 aromatic carbocycles. The van der Waals surface area contributed by atoms with Crippen molar-refractivity contribution in [1.82, 2.24) is 9.72 Å².